The zero-order valence-corrected chi connectivity index (χ0v) is 9.73. The minimum atomic E-state index is 0.787. The number of nitrogens with zero attached hydrogens (tertiary/aromatic N) is 3. The molecule has 4 heteroatoms. The number of aryl methyl sites for hydroxylation is 1. The maximum Gasteiger partial charge on any atom is 0.147 e. The first kappa shape index (κ1) is 11.9. The fourth-order valence-corrected chi connectivity index (χ4v) is 1.40. The third kappa shape index (κ3) is 3.47. The van der Waals surface area contributed by atoms with Crippen LogP contribution in [-0.2, 0) is 4.74 Å². The van der Waals surface area contributed by atoms with Crippen molar-refractivity contribution in [3.05, 3.63) is 18.1 Å². The van der Waals surface area contributed by atoms with Crippen molar-refractivity contribution in [3.63, 3.8) is 0 Å². The Hall–Kier alpha value is -1.16. The number of hydrogen-bond acceptors (Lipinski definition) is 4. The van der Waals surface area contributed by atoms with E-state index in [-0.39, 0.29) is 0 Å². The highest BCUT2D eigenvalue weighted by Crippen LogP contribution is 2.10. The molecule has 1 aromatic rings. The summed E-state index contributed by atoms with van der Waals surface area (Å²) in [5.74, 6) is 0.961. The average molecular weight is 209 g/mol. The van der Waals surface area contributed by atoms with Gasteiger partial charge in [0.1, 0.15) is 5.82 Å². The molecule has 1 saturated heterocycles. The van der Waals surface area contributed by atoms with Gasteiger partial charge >= 0.3 is 0 Å². The molecule has 0 radical (unpaired) electrons. The van der Waals surface area contributed by atoms with Crippen LogP contribution >= 0.6 is 0 Å². The lowest BCUT2D eigenvalue weighted by Gasteiger charge is -2.27. The van der Waals surface area contributed by atoms with E-state index in [0.717, 1.165) is 37.8 Å². The van der Waals surface area contributed by atoms with Crippen LogP contribution in [-0.4, -0.2) is 36.3 Å². The molecule has 0 saturated carbocycles. The van der Waals surface area contributed by atoms with E-state index in [1.54, 1.807) is 12.4 Å². The number of anilines is 1. The molecule has 84 valence electrons. The zero-order chi connectivity index (χ0) is 11.1. The second-order valence-corrected chi connectivity index (χ2v) is 3.12. The maximum absolute atomic E-state index is 5.26. The molecule has 15 heavy (non-hydrogen) atoms. The van der Waals surface area contributed by atoms with E-state index >= 15 is 0 Å². The fourth-order valence-electron chi connectivity index (χ4n) is 1.40. The normalized spacial score (nSPS) is 15.5. The van der Waals surface area contributed by atoms with Crippen molar-refractivity contribution in [2.45, 2.75) is 20.8 Å². The Labute approximate surface area is 91.3 Å². The predicted molar refractivity (Wildman–Crippen MR) is 61.1 cm³/mol. The third-order valence-electron chi connectivity index (χ3n) is 2.08. The Morgan fingerprint density at radius 1 is 1.20 bits per heavy atom. The summed E-state index contributed by atoms with van der Waals surface area (Å²) in [5.41, 5.74) is 0.962. The van der Waals surface area contributed by atoms with E-state index in [2.05, 4.69) is 14.9 Å². The Bertz CT molecular complexity index is 285. The van der Waals surface area contributed by atoms with E-state index in [4.69, 9.17) is 4.74 Å². The monoisotopic (exact) mass is 209 g/mol. The fraction of sp³-hybridized carbons (Fsp3) is 0.636. The quantitative estimate of drug-likeness (QED) is 0.705. The lowest BCUT2D eigenvalue weighted by molar-refractivity contribution is 0.122. The highest BCUT2D eigenvalue weighted by atomic mass is 16.5. The molecule has 2 rings (SSSR count). The number of morpholine rings is 1. The Morgan fingerprint density at radius 2 is 1.87 bits per heavy atom. The van der Waals surface area contributed by atoms with E-state index in [9.17, 15) is 0 Å². The molecule has 1 fully saturated rings. The van der Waals surface area contributed by atoms with Gasteiger partial charge in [0, 0.05) is 19.3 Å². The molecule has 1 aromatic heterocycles. The second-order valence-electron chi connectivity index (χ2n) is 3.12. The van der Waals surface area contributed by atoms with Crippen LogP contribution in [0.2, 0.25) is 0 Å². The predicted octanol–water partition coefficient (Wildman–Crippen LogP) is 1.65. The Morgan fingerprint density at radius 3 is 2.47 bits per heavy atom. The molecule has 0 unspecified atom stereocenters. The largest absolute Gasteiger partial charge is 0.378 e. The van der Waals surface area contributed by atoms with Crippen molar-refractivity contribution >= 4 is 5.82 Å². The van der Waals surface area contributed by atoms with Gasteiger partial charge < -0.3 is 9.64 Å². The number of hydrogen-bond donors (Lipinski definition) is 0. The smallest absolute Gasteiger partial charge is 0.147 e. The third-order valence-corrected chi connectivity index (χ3v) is 2.08. The van der Waals surface area contributed by atoms with Crippen LogP contribution in [0.1, 0.15) is 19.5 Å². The van der Waals surface area contributed by atoms with Gasteiger partial charge in [0.2, 0.25) is 0 Å². The van der Waals surface area contributed by atoms with Gasteiger partial charge in [-0.2, -0.15) is 0 Å². The van der Waals surface area contributed by atoms with Crippen LogP contribution in [0.15, 0.2) is 12.4 Å². The van der Waals surface area contributed by atoms with Gasteiger partial charge in [-0.05, 0) is 6.92 Å². The summed E-state index contributed by atoms with van der Waals surface area (Å²) in [4.78, 5) is 10.7. The molecule has 0 N–H and O–H groups in total. The van der Waals surface area contributed by atoms with Gasteiger partial charge in [-0.1, -0.05) is 13.8 Å². The van der Waals surface area contributed by atoms with Gasteiger partial charge in [0.15, 0.2) is 0 Å². The van der Waals surface area contributed by atoms with Crippen LogP contribution < -0.4 is 4.90 Å². The van der Waals surface area contributed by atoms with E-state index < -0.39 is 0 Å². The molecule has 0 amide bonds. The highest BCUT2D eigenvalue weighted by Gasteiger charge is 2.11. The van der Waals surface area contributed by atoms with Crippen LogP contribution in [0.4, 0.5) is 5.82 Å². The molecular formula is C11H19N3O. The number of aromatic nitrogens is 2. The van der Waals surface area contributed by atoms with Crippen molar-refractivity contribution in [1.82, 2.24) is 9.97 Å². The minimum Gasteiger partial charge on any atom is -0.378 e. The Balaban J connectivity index is 0.000000531. The molecule has 0 spiro atoms. The van der Waals surface area contributed by atoms with Crippen LogP contribution in [0, 0.1) is 6.92 Å². The molecular weight excluding hydrogens is 190 g/mol. The summed E-state index contributed by atoms with van der Waals surface area (Å²) in [6.07, 6.45) is 3.57. The Kier molecular flexibility index (Phi) is 5.04. The van der Waals surface area contributed by atoms with E-state index in [0.29, 0.717) is 0 Å². The number of ether oxygens (including phenoxy) is 1. The summed E-state index contributed by atoms with van der Waals surface area (Å²) in [6.45, 7) is 9.36. The van der Waals surface area contributed by atoms with Crippen molar-refractivity contribution in [2.75, 3.05) is 31.2 Å². The van der Waals surface area contributed by atoms with E-state index in [1.165, 1.54) is 0 Å². The molecule has 4 nitrogen and oxygen atoms in total. The number of rotatable bonds is 1. The first-order valence-electron chi connectivity index (χ1n) is 5.47. The maximum atomic E-state index is 5.26. The highest BCUT2D eigenvalue weighted by molar-refractivity contribution is 5.36. The average Bonchev–Trinajstić information content (AvgIpc) is 2.33. The van der Waals surface area contributed by atoms with Gasteiger partial charge in [0.05, 0.1) is 25.1 Å². The van der Waals surface area contributed by atoms with Crippen molar-refractivity contribution in [2.24, 2.45) is 0 Å². The zero-order valence-electron chi connectivity index (χ0n) is 9.73. The summed E-state index contributed by atoms with van der Waals surface area (Å²) in [7, 11) is 0. The van der Waals surface area contributed by atoms with Crippen LogP contribution in [0.3, 0.4) is 0 Å². The van der Waals surface area contributed by atoms with Crippen molar-refractivity contribution in [1.29, 1.82) is 0 Å². The van der Waals surface area contributed by atoms with Gasteiger partial charge in [0.25, 0.3) is 0 Å². The molecule has 0 aromatic carbocycles. The molecule has 2 heterocycles. The molecule has 1 aliphatic rings. The van der Waals surface area contributed by atoms with Gasteiger partial charge in [-0.3, -0.25) is 4.98 Å². The van der Waals surface area contributed by atoms with Gasteiger partial charge in [-0.15, -0.1) is 0 Å². The summed E-state index contributed by atoms with van der Waals surface area (Å²) in [6, 6.07) is 0. The lowest BCUT2D eigenvalue weighted by Crippen LogP contribution is -2.36. The standard InChI is InChI=1S/C9H13N3O.C2H6/c1-8-6-10-7-9(11-8)12-2-4-13-5-3-12;1-2/h6-7H,2-5H2,1H3;1-2H3. The topological polar surface area (TPSA) is 38.2 Å². The van der Waals surface area contributed by atoms with Crippen LogP contribution in [0.5, 0.6) is 0 Å². The molecule has 1 aliphatic heterocycles. The van der Waals surface area contributed by atoms with Crippen molar-refractivity contribution < 1.29 is 4.74 Å². The van der Waals surface area contributed by atoms with E-state index in [1.807, 2.05) is 20.8 Å². The first-order valence-corrected chi connectivity index (χ1v) is 5.47. The van der Waals surface area contributed by atoms with Crippen LogP contribution in [0.25, 0.3) is 0 Å². The van der Waals surface area contributed by atoms with Crippen molar-refractivity contribution in [3.8, 4) is 0 Å². The minimum absolute atomic E-state index is 0.787. The molecule has 0 bridgehead atoms. The SMILES string of the molecule is CC.Cc1cncc(N2CCOCC2)n1. The lowest BCUT2D eigenvalue weighted by atomic mass is 10.4. The molecule has 0 aliphatic carbocycles. The first-order chi connectivity index (χ1) is 7.36. The molecule has 0 atom stereocenters. The summed E-state index contributed by atoms with van der Waals surface area (Å²) in [5, 5.41) is 0. The second kappa shape index (κ2) is 6.35. The summed E-state index contributed by atoms with van der Waals surface area (Å²) >= 11 is 0. The van der Waals surface area contributed by atoms with Gasteiger partial charge in [-0.25, -0.2) is 4.98 Å². The summed E-state index contributed by atoms with van der Waals surface area (Å²) < 4.78 is 5.26.